The highest BCUT2D eigenvalue weighted by Crippen LogP contribution is 2.31. The summed E-state index contributed by atoms with van der Waals surface area (Å²) >= 11 is 0. The lowest BCUT2D eigenvalue weighted by molar-refractivity contribution is -0.145. The Kier molecular flexibility index (Phi) is 2.67. The summed E-state index contributed by atoms with van der Waals surface area (Å²) in [7, 11) is 0. The van der Waals surface area contributed by atoms with Crippen molar-refractivity contribution in [3.05, 3.63) is 41.8 Å². The van der Waals surface area contributed by atoms with Crippen LogP contribution in [-0.2, 0) is 9.53 Å². The molecule has 1 N–H and O–H groups in total. The van der Waals surface area contributed by atoms with E-state index in [9.17, 15) is 9.90 Å². The number of azo groups is 1. The Labute approximate surface area is 98.4 Å². The lowest BCUT2D eigenvalue weighted by atomic mass is 10.1. The summed E-state index contributed by atoms with van der Waals surface area (Å²) in [6.07, 6.45) is 0. The average Bonchev–Trinajstić information content (AvgIpc) is 2.48. The van der Waals surface area contributed by atoms with Crippen LogP contribution < -0.4 is 0 Å². The summed E-state index contributed by atoms with van der Waals surface area (Å²) in [5, 5.41) is 17.3. The minimum atomic E-state index is -1.03. The lowest BCUT2D eigenvalue weighted by Gasteiger charge is -2.15. The SMILES string of the molecule is CC1(C)OC(=O)C(N=Nc2ccccc2)=C1O. The number of benzene rings is 1. The van der Waals surface area contributed by atoms with Crippen molar-refractivity contribution in [1.82, 2.24) is 0 Å². The first kappa shape index (κ1) is 11.3. The molecule has 1 aromatic rings. The fourth-order valence-corrected chi connectivity index (χ4v) is 1.40. The van der Waals surface area contributed by atoms with Crippen molar-refractivity contribution >= 4 is 11.7 Å². The second-order valence-electron chi connectivity index (χ2n) is 4.13. The van der Waals surface area contributed by atoms with E-state index in [1.807, 2.05) is 6.07 Å². The summed E-state index contributed by atoms with van der Waals surface area (Å²) in [4.78, 5) is 11.4. The number of aliphatic hydroxyl groups is 1. The standard InChI is InChI=1S/C12H12N2O3/c1-12(2)10(15)9(11(16)17-12)14-13-8-6-4-3-5-7-8/h3-7,15H,1-2H3. The van der Waals surface area contributed by atoms with Gasteiger partial charge >= 0.3 is 5.97 Å². The zero-order valence-corrected chi connectivity index (χ0v) is 9.54. The van der Waals surface area contributed by atoms with Gasteiger partial charge in [0.05, 0.1) is 5.69 Å². The Bertz CT molecular complexity index is 504. The number of rotatable bonds is 2. The number of aliphatic hydroxyl groups excluding tert-OH is 1. The summed E-state index contributed by atoms with van der Waals surface area (Å²) in [5.74, 6) is -0.852. The van der Waals surface area contributed by atoms with E-state index >= 15 is 0 Å². The molecule has 88 valence electrons. The third-order valence-electron chi connectivity index (χ3n) is 2.36. The van der Waals surface area contributed by atoms with Crippen LogP contribution in [0.15, 0.2) is 52.0 Å². The normalized spacial score (nSPS) is 18.8. The number of carbonyl (C=O) groups is 1. The minimum Gasteiger partial charge on any atom is -0.506 e. The average molecular weight is 232 g/mol. The molecule has 5 heteroatoms. The molecule has 1 aliphatic rings. The van der Waals surface area contributed by atoms with E-state index < -0.39 is 11.6 Å². The quantitative estimate of drug-likeness (QED) is 0.629. The van der Waals surface area contributed by atoms with Crippen LogP contribution in [0, 0.1) is 0 Å². The van der Waals surface area contributed by atoms with Gasteiger partial charge in [0.15, 0.2) is 11.4 Å². The van der Waals surface area contributed by atoms with E-state index in [1.54, 1.807) is 38.1 Å². The van der Waals surface area contributed by atoms with Crippen LogP contribution in [0.4, 0.5) is 5.69 Å². The number of esters is 1. The smallest absolute Gasteiger partial charge is 0.363 e. The molecule has 0 unspecified atom stereocenters. The largest absolute Gasteiger partial charge is 0.506 e. The Morgan fingerprint density at radius 3 is 2.35 bits per heavy atom. The van der Waals surface area contributed by atoms with Crippen molar-refractivity contribution in [2.45, 2.75) is 19.4 Å². The number of hydrogen-bond acceptors (Lipinski definition) is 5. The summed E-state index contributed by atoms with van der Waals surface area (Å²) < 4.78 is 4.95. The molecule has 0 bridgehead atoms. The molecule has 1 aromatic carbocycles. The maximum Gasteiger partial charge on any atom is 0.363 e. The zero-order valence-electron chi connectivity index (χ0n) is 9.54. The van der Waals surface area contributed by atoms with Gasteiger partial charge in [0.25, 0.3) is 0 Å². The summed E-state index contributed by atoms with van der Waals surface area (Å²) in [5.41, 5.74) is -0.563. The molecule has 1 aliphatic heterocycles. The molecule has 0 fully saturated rings. The van der Waals surface area contributed by atoms with Crippen molar-refractivity contribution < 1.29 is 14.6 Å². The highest BCUT2D eigenvalue weighted by molar-refractivity contribution is 5.91. The van der Waals surface area contributed by atoms with E-state index in [1.165, 1.54) is 0 Å². The molecule has 0 aromatic heterocycles. The van der Waals surface area contributed by atoms with Crippen LogP contribution in [0.25, 0.3) is 0 Å². The molecule has 0 atom stereocenters. The van der Waals surface area contributed by atoms with Crippen LogP contribution in [0.3, 0.4) is 0 Å². The number of nitrogens with zero attached hydrogens (tertiary/aromatic N) is 2. The van der Waals surface area contributed by atoms with Gasteiger partial charge < -0.3 is 9.84 Å². The lowest BCUT2D eigenvalue weighted by Crippen LogP contribution is -2.22. The molecule has 17 heavy (non-hydrogen) atoms. The van der Waals surface area contributed by atoms with Crippen LogP contribution >= 0.6 is 0 Å². The zero-order chi connectivity index (χ0) is 12.5. The van der Waals surface area contributed by atoms with E-state index in [4.69, 9.17) is 4.74 Å². The molecule has 0 spiro atoms. The number of ether oxygens (including phenoxy) is 1. The molecule has 0 saturated carbocycles. The molecular weight excluding hydrogens is 220 g/mol. The van der Waals surface area contributed by atoms with Crippen molar-refractivity contribution in [3.63, 3.8) is 0 Å². The van der Waals surface area contributed by atoms with Gasteiger partial charge in [0.1, 0.15) is 0 Å². The maximum atomic E-state index is 11.4. The van der Waals surface area contributed by atoms with Crippen molar-refractivity contribution in [2.24, 2.45) is 10.2 Å². The van der Waals surface area contributed by atoms with Crippen molar-refractivity contribution in [3.8, 4) is 0 Å². The fraction of sp³-hybridized carbons (Fsp3) is 0.250. The molecule has 0 saturated heterocycles. The molecular formula is C12H12N2O3. The number of cyclic esters (lactones) is 1. The highest BCUT2D eigenvalue weighted by Gasteiger charge is 2.41. The third kappa shape index (κ3) is 2.18. The van der Waals surface area contributed by atoms with E-state index in [-0.39, 0.29) is 11.5 Å². The predicted octanol–water partition coefficient (Wildman–Crippen LogP) is 2.88. The summed E-state index contributed by atoms with van der Waals surface area (Å²) in [6.45, 7) is 3.18. The topological polar surface area (TPSA) is 71.2 Å². The van der Waals surface area contributed by atoms with Gasteiger partial charge in [-0.2, -0.15) is 5.11 Å². The highest BCUT2D eigenvalue weighted by atomic mass is 16.6. The van der Waals surface area contributed by atoms with Gasteiger partial charge in [-0.25, -0.2) is 4.79 Å². The molecule has 2 rings (SSSR count). The fourth-order valence-electron chi connectivity index (χ4n) is 1.40. The predicted molar refractivity (Wildman–Crippen MR) is 60.8 cm³/mol. The monoisotopic (exact) mass is 232 g/mol. The first-order valence-corrected chi connectivity index (χ1v) is 5.14. The number of hydrogen-bond donors (Lipinski definition) is 1. The van der Waals surface area contributed by atoms with E-state index in [2.05, 4.69) is 10.2 Å². The van der Waals surface area contributed by atoms with Crippen LogP contribution in [-0.4, -0.2) is 16.7 Å². The molecule has 0 radical (unpaired) electrons. The van der Waals surface area contributed by atoms with E-state index in [0.717, 1.165) is 0 Å². The maximum absolute atomic E-state index is 11.4. The van der Waals surface area contributed by atoms with Gasteiger partial charge in [-0.1, -0.05) is 18.2 Å². The Morgan fingerprint density at radius 2 is 1.82 bits per heavy atom. The van der Waals surface area contributed by atoms with Crippen LogP contribution in [0.5, 0.6) is 0 Å². The Hall–Kier alpha value is -2.17. The Morgan fingerprint density at radius 1 is 1.18 bits per heavy atom. The second kappa shape index (κ2) is 4.01. The Balaban J connectivity index is 2.28. The van der Waals surface area contributed by atoms with E-state index in [0.29, 0.717) is 5.69 Å². The van der Waals surface area contributed by atoms with Gasteiger partial charge in [-0.15, -0.1) is 5.11 Å². The number of carbonyl (C=O) groups excluding carboxylic acids is 1. The van der Waals surface area contributed by atoms with Gasteiger partial charge in [0.2, 0.25) is 5.70 Å². The van der Waals surface area contributed by atoms with Gasteiger partial charge in [0, 0.05) is 0 Å². The third-order valence-corrected chi connectivity index (χ3v) is 2.36. The van der Waals surface area contributed by atoms with Crippen molar-refractivity contribution in [2.75, 3.05) is 0 Å². The molecule has 0 aliphatic carbocycles. The molecule has 1 heterocycles. The van der Waals surface area contributed by atoms with Gasteiger partial charge in [-0.3, -0.25) is 0 Å². The van der Waals surface area contributed by atoms with Gasteiger partial charge in [-0.05, 0) is 26.0 Å². The summed E-state index contributed by atoms with van der Waals surface area (Å²) in [6, 6.07) is 8.95. The second-order valence-corrected chi connectivity index (χ2v) is 4.13. The minimum absolute atomic E-state index is 0.140. The first-order chi connectivity index (χ1) is 8.00. The van der Waals surface area contributed by atoms with Crippen LogP contribution in [0.1, 0.15) is 13.8 Å². The molecule has 5 nitrogen and oxygen atoms in total. The van der Waals surface area contributed by atoms with Crippen molar-refractivity contribution in [1.29, 1.82) is 0 Å². The molecule has 0 amide bonds. The first-order valence-electron chi connectivity index (χ1n) is 5.14. The van der Waals surface area contributed by atoms with Crippen LogP contribution in [0.2, 0.25) is 0 Å².